The lowest BCUT2D eigenvalue weighted by Gasteiger charge is -2.41. The Morgan fingerprint density at radius 3 is 2.65 bits per heavy atom. The highest BCUT2D eigenvalue weighted by atomic mass is 19.2. The lowest BCUT2D eigenvalue weighted by molar-refractivity contribution is 0.160. The van der Waals surface area contributed by atoms with E-state index in [-0.39, 0.29) is 5.41 Å². The number of hydrogen-bond donors (Lipinski definition) is 1. The zero-order valence-corrected chi connectivity index (χ0v) is 12.7. The predicted octanol–water partition coefficient (Wildman–Crippen LogP) is 4.48. The highest BCUT2D eigenvalue weighted by molar-refractivity contribution is 5.24. The number of nitrogens with one attached hydrogen (secondary N) is 1. The third-order valence-corrected chi connectivity index (χ3v) is 4.56. The second kappa shape index (κ2) is 6.21. The molecule has 3 heteroatoms. The molecule has 0 saturated heterocycles. The Balaban J connectivity index is 2.23. The minimum atomic E-state index is -0.757. The van der Waals surface area contributed by atoms with Gasteiger partial charge in [-0.3, -0.25) is 0 Å². The van der Waals surface area contributed by atoms with Gasteiger partial charge in [-0.2, -0.15) is 0 Å². The molecule has 0 radical (unpaired) electrons. The van der Waals surface area contributed by atoms with E-state index in [0.29, 0.717) is 11.8 Å². The Bertz CT molecular complexity index is 456. The molecule has 0 spiro atoms. The van der Waals surface area contributed by atoms with E-state index in [1.807, 2.05) is 0 Å². The number of rotatable bonds is 4. The molecule has 0 bridgehead atoms. The summed E-state index contributed by atoms with van der Waals surface area (Å²) in [5.74, 6) is -0.666. The van der Waals surface area contributed by atoms with Gasteiger partial charge in [-0.25, -0.2) is 8.78 Å². The van der Waals surface area contributed by atoms with Crippen molar-refractivity contribution in [1.29, 1.82) is 0 Å². The van der Waals surface area contributed by atoms with Crippen LogP contribution in [0.3, 0.4) is 0 Å². The summed E-state index contributed by atoms with van der Waals surface area (Å²) in [5.41, 5.74) is 1.22. The molecule has 1 aromatic carbocycles. The largest absolute Gasteiger partial charge is 0.317 e. The Labute approximate surface area is 120 Å². The molecule has 1 saturated carbocycles. The minimum absolute atomic E-state index is 0.276. The van der Waals surface area contributed by atoms with Gasteiger partial charge in [-0.05, 0) is 67.3 Å². The van der Waals surface area contributed by atoms with E-state index < -0.39 is 11.6 Å². The van der Waals surface area contributed by atoms with Crippen LogP contribution in [0.5, 0.6) is 0 Å². The number of halogens is 2. The quantitative estimate of drug-likeness (QED) is 0.857. The van der Waals surface area contributed by atoms with Crippen molar-refractivity contribution in [3.05, 3.63) is 35.4 Å². The van der Waals surface area contributed by atoms with E-state index in [9.17, 15) is 8.78 Å². The summed E-state index contributed by atoms with van der Waals surface area (Å²) in [7, 11) is 0. The van der Waals surface area contributed by atoms with Crippen molar-refractivity contribution in [2.24, 2.45) is 11.3 Å². The van der Waals surface area contributed by atoms with Gasteiger partial charge in [0.25, 0.3) is 0 Å². The Morgan fingerprint density at radius 1 is 1.25 bits per heavy atom. The Kier molecular flexibility index (Phi) is 4.79. The molecule has 2 atom stereocenters. The second-order valence-electron chi connectivity index (χ2n) is 6.75. The van der Waals surface area contributed by atoms with Crippen molar-refractivity contribution in [2.75, 3.05) is 13.1 Å². The topological polar surface area (TPSA) is 12.0 Å². The molecule has 2 rings (SSSR count). The van der Waals surface area contributed by atoms with Crippen LogP contribution < -0.4 is 5.32 Å². The fraction of sp³-hybridized carbons (Fsp3) is 0.647. The van der Waals surface area contributed by atoms with Gasteiger partial charge in [0.2, 0.25) is 0 Å². The standard InChI is InChI=1S/C17H25F2N/c1-4-20-11-13-7-8-17(2,3)10-14(13)12-5-6-15(18)16(19)9-12/h5-6,9,13-14,20H,4,7-8,10-11H2,1-3H3. The van der Waals surface area contributed by atoms with Gasteiger partial charge in [-0.15, -0.1) is 0 Å². The molecule has 1 fully saturated rings. The van der Waals surface area contributed by atoms with Crippen LogP contribution in [0.15, 0.2) is 18.2 Å². The summed E-state index contributed by atoms with van der Waals surface area (Å²) in [5, 5.41) is 3.40. The molecule has 1 nitrogen and oxygen atoms in total. The Hall–Kier alpha value is -0.960. The molecule has 20 heavy (non-hydrogen) atoms. The first-order valence-corrected chi connectivity index (χ1v) is 7.58. The van der Waals surface area contributed by atoms with E-state index in [0.717, 1.165) is 31.5 Å². The minimum Gasteiger partial charge on any atom is -0.317 e. The van der Waals surface area contributed by atoms with Crippen LogP contribution in [0.25, 0.3) is 0 Å². The lowest BCUT2D eigenvalue weighted by atomic mass is 9.65. The van der Waals surface area contributed by atoms with E-state index in [1.165, 1.54) is 18.6 Å². The molecule has 0 aromatic heterocycles. The van der Waals surface area contributed by atoms with Crippen LogP contribution in [0.2, 0.25) is 0 Å². The molecule has 1 aliphatic rings. The van der Waals surface area contributed by atoms with Gasteiger partial charge in [0.05, 0.1) is 0 Å². The summed E-state index contributed by atoms with van der Waals surface area (Å²) in [6.07, 6.45) is 3.38. The average Bonchev–Trinajstić information content (AvgIpc) is 2.40. The molecule has 1 aromatic rings. The van der Waals surface area contributed by atoms with Gasteiger partial charge >= 0.3 is 0 Å². The first-order valence-electron chi connectivity index (χ1n) is 7.58. The van der Waals surface area contributed by atoms with Gasteiger partial charge in [0.15, 0.2) is 11.6 Å². The second-order valence-corrected chi connectivity index (χ2v) is 6.75. The van der Waals surface area contributed by atoms with E-state index >= 15 is 0 Å². The van der Waals surface area contributed by atoms with Crippen LogP contribution in [0.1, 0.15) is 51.5 Å². The van der Waals surface area contributed by atoms with Crippen molar-refractivity contribution in [3.8, 4) is 0 Å². The zero-order chi connectivity index (χ0) is 14.8. The third kappa shape index (κ3) is 3.57. The molecular formula is C17H25F2N. The molecule has 0 heterocycles. The average molecular weight is 281 g/mol. The first kappa shape index (κ1) is 15.4. The maximum absolute atomic E-state index is 13.5. The third-order valence-electron chi connectivity index (χ3n) is 4.56. The maximum Gasteiger partial charge on any atom is 0.159 e. The summed E-state index contributed by atoms with van der Waals surface area (Å²) in [6.45, 7) is 8.53. The van der Waals surface area contributed by atoms with Crippen LogP contribution >= 0.6 is 0 Å². The Morgan fingerprint density at radius 2 is 2.00 bits per heavy atom. The lowest BCUT2D eigenvalue weighted by Crippen LogP contribution is -2.34. The molecule has 0 aliphatic heterocycles. The van der Waals surface area contributed by atoms with Crippen LogP contribution in [-0.2, 0) is 0 Å². The molecular weight excluding hydrogens is 256 g/mol. The SMILES string of the molecule is CCNCC1CCC(C)(C)CC1c1ccc(F)c(F)c1. The van der Waals surface area contributed by atoms with Crippen molar-refractivity contribution in [3.63, 3.8) is 0 Å². The van der Waals surface area contributed by atoms with Gasteiger partial charge in [0, 0.05) is 0 Å². The summed E-state index contributed by atoms with van der Waals surface area (Å²) in [6, 6.07) is 4.40. The zero-order valence-electron chi connectivity index (χ0n) is 12.7. The van der Waals surface area contributed by atoms with Crippen LogP contribution in [0.4, 0.5) is 8.78 Å². The molecule has 1 N–H and O–H groups in total. The highest BCUT2D eigenvalue weighted by Gasteiger charge is 2.35. The maximum atomic E-state index is 13.5. The van der Waals surface area contributed by atoms with Crippen molar-refractivity contribution >= 4 is 0 Å². The van der Waals surface area contributed by atoms with E-state index in [4.69, 9.17) is 0 Å². The molecule has 112 valence electrons. The molecule has 0 amide bonds. The first-order chi connectivity index (χ1) is 9.43. The number of hydrogen-bond acceptors (Lipinski definition) is 1. The highest BCUT2D eigenvalue weighted by Crippen LogP contribution is 2.46. The summed E-state index contributed by atoms with van der Waals surface area (Å²) < 4.78 is 26.6. The van der Waals surface area contributed by atoms with E-state index in [2.05, 4.69) is 26.1 Å². The van der Waals surface area contributed by atoms with Crippen molar-refractivity contribution in [2.45, 2.75) is 46.0 Å². The van der Waals surface area contributed by atoms with Crippen molar-refractivity contribution < 1.29 is 8.78 Å². The van der Waals surface area contributed by atoms with E-state index in [1.54, 1.807) is 6.07 Å². The number of benzene rings is 1. The summed E-state index contributed by atoms with van der Waals surface area (Å²) in [4.78, 5) is 0. The van der Waals surface area contributed by atoms with Crippen molar-refractivity contribution in [1.82, 2.24) is 5.32 Å². The van der Waals surface area contributed by atoms with Gasteiger partial charge in [-0.1, -0.05) is 26.8 Å². The normalized spacial score (nSPS) is 25.6. The van der Waals surface area contributed by atoms with Gasteiger partial charge in [0.1, 0.15) is 0 Å². The smallest absolute Gasteiger partial charge is 0.159 e. The fourth-order valence-electron chi connectivity index (χ4n) is 3.35. The monoisotopic (exact) mass is 281 g/mol. The fourth-order valence-corrected chi connectivity index (χ4v) is 3.35. The predicted molar refractivity (Wildman–Crippen MR) is 78.8 cm³/mol. The molecule has 2 unspecified atom stereocenters. The van der Waals surface area contributed by atoms with Crippen LogP contribution in [-0.4, -0.2) is 13.1 Å². The molecule has 1 aliphatic carbocycles. The van der Waals surface area contributed by atoms with Crippen LogP contribution in [0, 0.1) is 23.0 Å². The van der Waals surface area contributed by atoms with Gasteiger partial charge < -0.3 is 5.32 Å². The summed E-state index contributed by atoms with van der Waals surface area (Å²) >= 11 is 0.